The molecule has 2 fully saturated rings. The Morgan fingerprint density at radius 3 is 2.93 bits per heavy atom. The van der Waals surface area contributed by atoms with Crippen LogP contribution in [0, 0.1) is 17.3 Å². The average molecular weight is 210 g/mol. The maximum absolute atomic E-state index is 11.5. The number of rotatable bonds is 2. The fraction of sp³-hybridized carbons (Fsp3) is 0.923. The van der Waals surface area contributed by atoms with Crippen molar-refractivity contribution in [2.24, 2.45) is 17.3 Å². The molecule has 1 heterocycles. The van der Waals surface area contributed by atoms with Crippen LogP contribution in [-0.4, -0.2) is 19.0 Å². The van der Waals surface area contributed by atoms with E-state index >= 15 is 0 Å². The van der Waals surface area contributed by atoms with Crippen molar-refractivity contribution in [2.45, 2.75) is 46.0 Å². The van der Waals surface area contributed by atoms with Crippen LogP contribution in [0.4, 0.5) is 0 Å². The number of ether oxygens (including phenoxy) is 1. The first-order valence-electron chi connectivity index (χ1n) is 6.17. The number of Topliss-reactive ketones (excluding diaryl/α,β-unsaturated/α-hetero) is 1. The van der Waals surface area contributed by atoms with Gasteiger partial charge in [0.15, 0.2) is 0 Å². The molecular weight excluding hydrogens is 188 g/mol. The van der Waals surface area contributed by atoms with Crippen LogP contribution in [0.5, 0.6) is 0 Å². The van der Waals surface area contributed by atoms with Gasteiger partial charge < -0.3 is 4.74 Å². The summed E-state index contributed by atoms with van der Waals surface area (Å²) in [6, 6.07) is 0. The summed E-state index contributed by atoms with van der Waals surface area (Å²) in [6.07, 6.45) is 5.07. The van der Waals surface area contributed by atoms with E-state index in [1.54, 1.807) is 0 Å². The van der Waals surface area contributed by atoms with E-state index in [1.807, 2.05) is 0 Å². The molecule has 0 spiro atoms. The number of ketones is 1. The number of carbonyl (C=O) groups is 1. The molecule has 0 aromatic carbocycles. The second-order valence-electron chi connectivity index (χ2n) is 5.89. The predicted molar refractivity (Wildman–Crippen MR) is 59.7 cm³/mol. The van der Waals surface area contributed by atoms with Crippen LogP contribution in [0.2, 0.25) is 0 Å². The van der Waals surface area contributed by atoms with Crippen LogP contribution in [0.1, 0.15) is 46.0 Å². The Labute approximate surface area is 92.4 Å². The van der Waals surface area contributed by atoms with Crippen LogP contribution in [0.3, 0.4) is 0 Å². The summed E-state index contributed by atoms with van der Waals surface area (Å²) in [5.41, 5.74) is 0.358. The smallest absolute Gasteiger partial charge is 0.133 e. The van der Waals surface area contributed by atoms with E-state index in [0.29, 0.717) is 23.0 Å². The number of hydrogen-bond acceptors (Lipinski definition) is 2. The van der Waals surface area contributed by atoms with Crippen molar-refractivity contribution in [3.05, 3.63) is 0 Å². The van der Waals surface area contributed by atoms with Crippen molar-refractivity contribution in [3.63, 3.8) is 0 Å². The summed E-state index contributed by atoms with van der Waals surface area (Å²) in [7, 11) is 0. The Morgan fingerprint density at radius 1 is 1.47 bits per heavy atom. The van der Waals surface area contributed by atoms with E-state index in [0.717, 1.165) is 32.5 Å². The van der Waals surface area contributed by atoms with Gasteiger partial charge in [0.25, 0.3) is 0 Å². The zero-order valence-electron chi connectivity index (χ0n) is 9.92. The zero-order chi connectivity index (χ0) is 10.9. The van der Waals surface area contributed by atoms with Crippen LogP contribution >= 0.6 is 0 Å². The van der Waals surface area contributed by atoms with Crippen molar-refractivity contribution in [1.82, 2.24) is 0 Å². The van der Waals surface area contributed by atoms with E-state index in [-0.39, 0.29) is 0 Å². The van der Waals surface area contributed by atoms with Gasteiger partial charge in [0.1, 0.15) is 5.78 Å². The Kier molecular flexibility index (Phi) is 3.15. The lowest BCUT2D eigenvalue weighted by Crippen LogP contribution is -2.33. The Bertz CT molecular complexity index is 239. The van der Waals surface area contributed by atoms with Crippen LogP contribution in [0.15, 0.2) is 0 Å². The van der Waals surface area contributed by atoms with Gasteiger partial charge in [-0.25, -0.2) is 0 Å². The molecule has 1 saturated carbocycles. The van der Waals surface area contributed by atoms with Gasteiger partial charge in [-0.2, -0.15) is 0 Å². The Hall–Kier alpha value is -0.370. The highest BCUT2D eigenvalue weighted by atomic mass is 16.5. The normalized spacial score (nSPS) is 35.7. The maximum atomic E-state index is 11.5. The van der Waals surface area contributed by atoms with Gasteiger partial charge in [-0.15, -0.1) is 0 Å². The van der Waals surface area contributed by atoms with Crippen LogP contribution in [0.25, 0.3) is 0 Å². The van der Waals surface area contributed by atoms with Crippen LogP contribution in [-0.2, 0) is 9.53 Å². The molecule has 2 unspecified atom stereocenters. The molecular formula is C13H22O2. The summed E-state index contributed by atoms with van der Waals surface area (Å²) in [5, 5.41) is 0. The molecule has 2 nitrogen and oxygen atoms in total. The third-order valence-electron chi connectivity index (χ3n) is 4.27. The molecule has 0 aromatic rings. The summed E-state index contributed by atoms with van der Waals surface area (Å²) in [6.45, 7) is 6.48. The number of hydrogen-bond donors (Lipinski definition) is 0. The molecule has 0 amide bonds. The molecule has 0 N–H and O–H groups in total. The van der Waals surface area contributed by atoms with Gasteiger partial charge in [0, 0.05) is 26.1 Å². The number of carbonyl (C=O) groups excluding carboxylic acids is 1. The molecule has 1 aliphatic heterocycles. The fourth-order valence-electron chi connectivity index (χ4n) is 2.89. The molecule has 0 bridgehead atoms. The molecule has 1 saturated heterocycles. The van der Waals surface area contributed by atoms with Crippen molar-refractivity contribution in [3.8, 4) is 0 Å². The van der Waals surface area contributed by atoms with E-state index < -0.39 is 0 Å². The second-order valence-corrected chi connectivity index (χ2v) is 5.89. The van der Waals surface area contributed by atoms with E-state index in [1.165, 1.54) is 12.8 Å². The topological polar surface area (TPSA) is 26.3 Å². The SMILES string of the molecule is CC1(C)CCC(=O)CC1CC1CCOC1. The highest BCUT2D eigenvalue weighted by Crippen LogP contribution is 2.43. The lowest BCUT2D eigenvalue weighted by molar-refractivity contribution is -0.124. The summed E-state index contributed by atoms with van der Waals surface area (Å²) < 4.78 is 5.41. The minimum Gasteiger partial charge on any atom is -0.381 e. The Balaban J connectivity index is 1.94. The first-order chi connectivity index (χ1) is 7.08. The standard InChI is InChI=1S/C13H22O2/c1-13(2)5-3-12(14)8-11(13)7-10-4-6-15-9-10/h10-11H,3-9H2,1-2H3. The highest BCUT2D eigenvalue weighted by Gasteiger charge is 2.37. The fourth-order valence-corrected chi connectivity index (χ4v) is 2.89. The van der Waals surface area contributed by atoms with Gasteiger partial charge in [-0.05, 0) is 36.5 Å². The van der Waals surface area contributed by atoms with Crippen molar-refractivity contribution in [2.75, 3.05) is 13.2 Å². The molecule has 2 atom stereocenters. The molecule has 0 radical (unpaired) electrons. The highest BCUT2D eigenvalue weighted by molar-refractivity contribution is 5.79. The molecule has 86 valence electrons. The summed E-state index contributed by atoms with van der Waals surface area (Å²) in [5.74, 6) is 1.77. The monoisotopic (exact) mass is 210 g/mol. The third-order valence-corrected chi connectivity index (χ3v) is 4.27. The molecule has 2 rings (SSSR count). The van der Waals surface area contributed by atoms with E-state index in [4.69, 9.17) is 4.74 Å². The van der Waals surface area contributed by atoms with Crippen molar-refractivity contribution < 1.29 is 9.53 Å². The Morgan fingerprint density at radius 2 is 2.27 bits per heavy atom. The largest absolute Gasteiger partial charge is 0.381 e. The van der Waals surface area contributed by atoms with Crippen molar-refractivity contribution in [1.29, 1.82) is 0 Å². The van der Waals surface area contributed by atoms with Gasteiger partial charge in [0.05, 0.1) is 0 Å². The first-order valence-corrected chi connectivity index (χ1v) is 6.17. The molecule has 15 heavy (non-hydrogen) atoms. The minimum atomic E-state index is 0.358. The van der Waals surface area contributed by atoms with E-state index in [9.17, 15) is 4.79 Å². The molecule has 2 heteroatoms. The molecule has 2 aliphatic rings. The predicted octanol–water partition coefficient (Wildman–Crippen LogP) is 2.81. The van der Waals surface area contributed by atoms with Gasteiger partial charge in [-0.3, -0.25) is 4.79 Å². The maximum Gasteiger partial charge on any atom is 0.133 e. The molecule has 1 aliphatic carbocycles. The lowest BCUT2D eigenvalue weighted by Gasteiger charge is -2.39. The third kappa shape index (κ3) is 2.60. The minimum absolute atomic E-state index is 0.358. The second kappa shape index (κ2) is 4.25. The van der Waals surface area contributed by atoms with Gasteiger partial charge in [0.2, 0.25) is 0 Å². The lowest BCUT2D eigenvalue weighted by atomic mass is 9.65. The van der Waals surface area contributed by atoms with Gasteiger partial charge >= 0.3 is 0 Å². The summed E-state index contributed by atoms with van der Waals surface area (Å²) >= 11 is 0. The van der Waals surface area contributed by atoms with Crippen LogP contribution < -0.4 is 0 Å². The van der Waals surface area contributed by atoms with Gasteiger partial charge in [-0.1, -0.05) is 13.8 Å². The summed E-state index contributed by atoms with van der Waals surface area (Å²) in [4.78, 5) is 11.5. The molecule has 0 aromatic heterocycles. The average Bonchev–Trinajstić information content (AvgIpc) is 2.65. The van der Waals surface area contributed by atoms with E-state index in [2.05, 4.69) is 13.8 Å². The zero-order valence-corrected chi connectivity index (χ0v) is 9.92. The first kappa shape index (κ1) is 11.1. The van der Waals surface area contributed by atoms with Crippen molar-refractivity contribution >= 4 is 5.78 Å². The quantitative estimate of drug-likeness (QED) is 0.700.